The van der Waals surface area contributed by atoms with Crippen LogP contribution in [-0.2, 0) is 14.2 Å². The van der Waals surface area contributed by atoms with Gasteiger partial charge in [0, 0.05) is 27.9 Å². The molecule has 0 rings (SSSR count). The third-order valence-electron chi connectivity index (χ3n) is 2.43. The Morgan fingerprint density at radius 3 is 2.39 bits per heavy atom. The van der Waals surface area contributed by atoms with Gasteiger partial charge in [0.05, 0.1) is 32.4 Å². The van der Waals surface area contributed by atoms with Gasteiger partial charge in [-0.25, -0.2) is 10.8 Å². The number of ether oxygens (including phenoxy) is 3. The molecule has 0 bridgehead atoms. The first-order valence-corrected chi connectivity index (χ1v) is 5.95. The van der Waals surface area contributed by atoms with Gasteiger partial charge in [0.2, 0.25) is 5.96 Å². The highest BCUT2D eigenvalue weighted by Gasteiger charge is 2.17. The summed E-state index contributed by atoms with van der Waals surface area (Å²) in [6.45, 7) is 5.04. The molecule has 0 aromatic rings. The quantitative estimate of drug-likeness (QED) is 0.190. The molecule has 0 amide bonds. The molecule has 0 saturated carbocycles. The summed E-state index contributed by atoms with van der Waals surface area (Å²) in [5.41, 5.74) is 2.62. The Bertz CT molecular complexity index is 226. The fourth-order valence-electron chi connectivity index (χ4n) is 1.52. The van der Waals surface area contributed by atoms with Crippen LogP contribution in [0.15, 0.2) is 4.99 Å². The molecule has 0 aliphatic rings. The van der Waals surface area contributed by atoms with Crippen LogP contribution in [0, 0.1) is 0 Å². The van der Waals surface area contributed by atoms with Crippen molar-refractivity contribution in [2.75, 3.05) is 54.2 Å². The van der Waals surface area contributed by atoms with Gasteiger partial charge in [-0.05, 0) is 6.92 Å². The predicted octanol–water partition coefficient (Wildman–Crippen LogP) is -0.565. The van der Waals surface area contributed by atoms with Crippen molar-refractivity contribution >= 4 is 5.96 Å². The minimum Gasteiger partial charge on any atom is -0.383 e. The summed E-state index contributed by atoms with van der Waals surface area (Å²) in [5.74, 6) is 6.14. The number of methoxy groups -OCH3 is 3. The minimum atomic E-state index is 0.155. The van der Waals surface area contributed by atoms with Gasteiger partial charge in [-0.1, -0.05) is 0 Å². The van der Waals surface area contributed by atoms with Gasteiger partial charge in [0.25, 0.3) is 0 Å². The van der Waals surface area contributed by atoms with E-state index in [0.29, 0.717) is 38.9 Å². The Morgan fingerprint density at radius 1 is 1.22 bits per heavy atom. The molecule has 7 heteroatoms. The lowest BCUT2D eigenvalue weighted by Gasteiger charge is -2.31. The molecule has 108 valence electrons. The summed E-state index contributed by atoms with van der Waals surface area (Å²) < 4.78 is 15.2. The van der Waals surface area contributed by atoms with E-state index in [-0.39, 0.29) is 6.04 Å². The molecule has 0 aromatic heterocycles. The SMILES string of the molecule is COCCN=C(NN)N(CCOC)C(C)COC. The number of aliphatic imine (C=N–C) groups is 1. The summed E-state index contributed by atoms with van der Waals surface area (Å²) in [6.07, 6.45) is 0. The van der Waals surface area contributed by atoms with E-state index >= 15 is 0 Å². The van der Waals surface area contributed by atoms with Crippen LogP contribution in [0.5, 0.6) is 0 Å². The van der Waals surface area contributed by atoms with Crippen LogP contribution in [0.3, 0.4) is 0 Å². The zero-order valence-corrected chi connectivity index (χ0v) is 11.8. The van der Waals surface area contributed by atoms with Gasteiger partial charge in [-0.3, -0.25) is 5.43 Å². The Hall–Kier alpha value is -0.890. The lowest BCUT2D eigenvalue weighted by molar-refractivity contribution is 0.111. The molecule has 0 aliphatic heterocycles. The van der Waals surface area contributed by atoms with Crippen molar-refractivity contribution in [1.29, 1.82) is 0 Å². The van der Waals surface area contributed by atoms with Crippen LogP contribution in [-0.4, -0.2) is 71.1 Å². The second kappa shape index (κ2) is 11.2. The molecule has 0 fully saturated rings. The number of guanidine groups is 1. The van der Waals surface area contributed by atoms with Crippen LogP contribution in [0.1, 0.15) is 6.92 Å². The molecule has 1 unspecified atom stereocenters. The molecular formula is C11H26N4O3. The zero-order chi connectivity index (χ0) is 13.8. The fourth-order valence-corrected chi connectivity index (χ4v) is 1.52. The standard InChI is InChI=1S/C11H26N4O3/c1-10(9-18-4)15(6-8-17-3)11(14-12)13-5-7-16-2/h10H,5-9,12H2,1-4H3,(H,13,14). The van der Waals surface area contributed by atoms with Gasteiger partial charge < -0.3 is 19.1 Å². The van der Waals surface area contributed by atoms with Gasteiger partial charge in [-0.15, -0.1) is 0 Å². The highest BCUT2D eigenvalue weighted by Crippen LogP contribution is 2.00. The first-order valence-electron chi connectivity index (χ1n) is 5.95. The number of hydrogen-bond acceptors (Lipinski definition) is 5. The van der Waals surface area contributed by atoms with E-state index < -0.39 is 0 Å². The first kappa shape index (κ1) is 17.1. The zero-order valence-electron chi connectivity index (χ0n) is 11.8. The van der Waals surface area contributed by atoms with E-state index in [0.717, 1.165) is 0 Å². The Labute approximate surface area is 109 Å². The number of nitrogens with two attached hydrogens (primary N) is 1. The normalized spacial score (nSPS) is 13.5. The molecule has 7 nitrogen and oxygen atoms in total. The molecule has 0 aliphatic carbocycles. The van der Waals surface area contributed by atoms with E-state index in [4.69, 9.17) is 20.1 Å². The molecule has 0 spiro atoms. The van der Waals surface area contributed by atoms with Crippen molar-refractivity contribution in [3.05, 3.63) is 0 Å². The van der Waals surface area contributed by atoms with Crippen molar-refractivity contribution in [3.63, 3.8) is 0 Å². The lowest BCUT2D eigenvalue weighted by Crippen LogP contribution is -2.51. The van der Waals surface area contributed by atoms with Crippen molar-refractivity contribution in [1.82, 2.24) is 10.3 Å². The highest BCUT2D eigenvalue weighted by atomic mass is 16.5. The first-order chi connectivity index (χ1) is 8.71. The summed E-state index contributed by atoms with van der Waals surface area (Å²) in [6, 6.07) is 0.155. The fraction of sp³-hybridized carbons (Fsp3) is 0.909. The van der Waals surface area contributed by atoms with Crippen molar-refractivity contribution in [2.45, 2.75) is 13.0 Å². The summed E-state index contributed by atoms with van der Waals surface area (Å²) in [5, 5.41) is 0. The number of hydrazine groups is 1. The topological polar surface area (TPSA) is 81.3 Å². The molecule has 0 heterocycles. The Kier molecular flexibility index (Phi) is 10.7. The maximum atomic E-state index is 5.52. The number of rotatable bonds is 9. The van der Waals surface area contributed by atoms with Crippen molar-refractivity contribution < 1.29 is 14.2 Å². The van der Waals surface area contributed by atoms with Crippen molar-refractivity contribution in [3.8, 4) is 0 Å². The summed E-state index contributed by atoms with van der Waals surface area (Å²) in [7, 11) is 4.97. The Balaban J connectivity index is 4.59. The summed E-state index contributed by atoms with van der Waals surface area (Å²) >= 11 is 0. The third-order valence-corrected chi connectivity index (χ3v) is 2.43. The van der Waals surface area contributed by atoms with Gasteiger partial charge in [0.1, 0.15) is 0 Å². The third kappa shape index (κ3) is 6.75. The van der Waals surface area contributed by atoms with E-state index in [2.05, 4.69) is 10.4 Å². The molecule has 0 aromatic carbocycles. The van der Waals surface area contributed by atoms with E-state index in [1.165, 1.54) is 0 Å². The second-order valence-electron chi connectivity index (χ2n) is 3.83. The average Bonchev–Trinajstić information content (AvgIpc) is 2.37. The van der Waals surface area contributed by atoms with Crippen LogP contribution in [0.2, 0.25) is 0 Å². The average molecular weight is 262 g/mol. The Morgan fingerprint density at radius 2 is 1.89 bits per heavy atom. The monoisotopic (exact) mass is 262 g/mol. The predicted molar refractivity (Wildman–Crippen MR) is 71.4 cm³/mol. The van der Waals surface area contributed by atoms with Gasteiger partial charge >= 0.3 is 0 Å². The second-order valence-corrected chi connectivity index (χ2v) is 3.83. The van der Waals surface area contributed by atoms with Gasteiger partial charge in [-0.2, -0.15) is 0 Å². The van der Waals surface area contributed by atoms with E-state index in [9.17, 15) is 0 Å². The molecule has 0 saturated heterocycles. The number of hydrogen-bond donors (Lipinski definition) is 2. The maximum absolute atomic E-state index is 5.52. The van der Waals surface area contributed by atoms with E-state index in [1.807, 2.05) is 11.8 Å². The van der Waals surface area contributed by atoms with Gasteiger partial charge in [0.15, 0.2) is 0 Å². The molecule has 0 radical (unpaired) electrons. The molecule has 1 atom stereocenters. The van der Waals surface area contributed by atoms with E-state index in [1.54, 1.807) is 21.3 Å². The molecular weight excluding hydrogens is 236 g/mol. The summed E-state index contributed by atoms with van der Waals surface area (Å²) in [4.78, 5) is 6.38. The number of nitrogens with zero attached hydrogens (tertiary/aromatic N) is 2. The van der Waals surface area contributed by atoms with Crippen LogP contribution in [0.4, 0.5) is 0 Å². The molecule has 3 N–H and O–H groups in total. The smallest absolute Gasteiger partial charge is 0.208 e. The van der Waals surface area contributed by atoms with Crippen LogP contribution >= 0.6 is 0 Å². The highest BCUT2D eigenvalue weighted by molar-refractivity contribution is 5.79. The maximum Gasteiger partial charge on any atom is 0.208 e. The minimum absolute atomic E-state index is 0.155. The largest absolute Gasteiger partial charge is 0.383 e. The van der Waals surface area contributed by atoms with Crippen LogP contribution in [0.25, 0.3) is 0 Å². The van der Waals surface area contributed by atoms with Crippen LogP contribution < -0.4 is 11.3 Å². The van der Waals surface area contributed by atoms with Crippen molar-refractivity contribution in [2.24, 2.45) is 10.8 Å². The lowest BCUT2D eigenvalue weighted by atomic mass is 10.3. The molecule has 18 heavy (non-hydrogen) atoms. The number of nitrogens with one attached hydrogen (secondary N) is 1.